The Morgan fingerprint density at radius 2 is 2.25 bits per heavy atom. The highest BCUT2D eigenvalue weighted by atomic mass is 79.9. The lowest BCUT2D eigenvalue weighted by Crippen LogP contribution is -2.28. The largest absolute Gasteiger partial charge is 0.332 e. The molecule has 8 heteroatoms. The zero-order valence-electron chi connectivity index (χ0n) is 10.2. The van der Waals surface area contributed by atoms with E-state index in [1.807, 2.05) is 24.3 Å². The highest BCUT2D eigenvalue weighted by Crippen LogP contribution is 2.25. The topological polar surface area (TPSA) is 82.7 Å². The molecule has 0 spiro atoms. The first-order valence-corrected chi connectivity index (χ1v) is 7.41. The summed E-state index contributed by atoms with van der Waals surface area (Å²) in [5.74, 6) is 0. The van der Waals surface area contributed by atoms with Gasteiger partial charge in [0.1, 0.15) is 0 Å². The summed E-state index contributed by atoms with van der Waals surface area (Å²) in [7, 11) is 0. The van der Waals surface area contributed by atoms with E-state index in [4.69, 9.17) is 0 Å². The lowest BCUT2D eigenvalue weighted by molar-refractivity contribution is 0.251. The number of rotatable bonds is 3. The summed E-state index contributed by atoms with van der Waals surface area (Å²) < 4.78 is 1.87. The second kappa shape index (κ2) is 5.59. The van der Waals surface area contributed by atoms with E-state index in [1.165, 1.54) is 11.3 Å². The lowest BCUT2D eigenvalue weighted by atomic mass is 10.3. The second-order valence-electron chi connectivity index (χ2n) is 3.99. The van der Waals surface area contributed by atoms with Gasteiger partial charge in [-0.15, -0.1) is 0 Å². The summed E-state index contributed by atoms with van der Waals surface area (Å²) in [4.78, 5) is 16.1. The van der Waals surface area contributed by atoms with Gasteiger partial charge >= 0.3 is 6.03 Å². The number of thiazole rings is 1. The molecule has 0 aliphatic heterocycles. The van der Waals surface area contributed by atoms with Crippen LogP contribution in [-0.4, -0.2) is 21.2 Å². The Bertz CT molecular complexity index is 720. The van der Waals surface area contributed by atoms with Crippen molar-refractivity contribution < 1.29 is 4.79 Å². The van der Waals surface area contributed by atoms with Gasteiger partial charge in [0.15, 0.2) is 5.13 Å². The van der Waals surface area contributed by atoms with Crippen molar-refractivity contribution in [1.82, 2.24) is 20.5 Å². The summed E-state index contributed by atoms with van der Waals surface area (Å²) in [5, 5.41) is 12.7. The minimum absolute atomic E-state index is 0.300. The highest BCUT2D eigenvalue weighted by Gasteiger charge is 2.08. The first kappa shape index (κ1) is 13.1. The van der Waals surface area contributed by atoms with E-state index in [2.05, 4.69) is 41.7 Å². The van der Waals surface area contributed by atoms with Crippen molar-refractivity contribution in [3.8, 4) is 0 Å². The van der Waals surface area contributed by atoms with Gasteiger partial charge in [0.25, 0.3) is 0 Å². The van der Waals surface area contributed by atoms with Gasteiger partial charge in [-0.05, 0) is 28.1 Å². The summed E-state index contributed by atoms with van der Waals surface area (Å²) in [6, 6.07) is 7.45. The van der Waals surface area contributed by atoms with E-state index in [0.717, 1.165) is 20.4 Å². The number of H-pyrrole nitrogens is 1. The number of fused-ring (bicyclic) bond motifs is 1. The van der Waals surface area contributed by atoms with Crippen molar-refractivity contribution in [2.75, 3.05) is 5.32 Å². The van der Waals surface area contributed by atoms with Crippen LogP contribution < -0.4 is 10.6 Å². The maximum absolute atomic E-state index is 11.8. The van der Waals surface area contributed by atoms with Crippen LogP contribution in [0, 0.1) is 0 Å². The monoisotopic (exact) mass is 351 g/mol. The second-order valence-corrected chi connectivity index (χ2v) is 5.88. The molecular weight excluding hydrogens is 342 g/mol. The van der Waals surface area contributed by atoms with Crippen molar-refractivity contribution in [3.05, 3.63) is 40.6 Å². The third kappa shape index (κ3) is 2.81. The van der Waals surface area contributed by atoms with Gasteiger partial charge in [0.2, 0.25) is 0 Å². The molecule has 20 heavy (non-hydrogen) atoms. The molecule has 1 aromatic carbocycles. The number of benzene rings is 1. The molecule has 0 fully saturated rings. The van der Waals surface area contributed by atoms with Gasteiger partial charge in [-0.25, -0.2) is 9.78 Å². The van der Waals surface area contributed by atoms with Gasteiger partial charge < -0.3 is 5.32 Å². The average Bonchev–Trinajstić information content (AvgIpc) is 3.01. The zero-order chi connectivity index (χ0) is 13.9. The number of halogens is 1. The Balaban J connectivity index is 1.62. The van der Waals surface area contributed by atoms with Crippen molar-refractivity contribution in [2.24, 2.45) is 0 Å². The van der Waals surface area contributed by atoms with Crippen LogP contribution in [0.3, 0.4) is 0 Å². The number of urea groups is 1. The summed E-state index contributed by atoms with van der Waals surface area (Å²) in [6.45, 7) is 0.358. The van der Waals surface area contributed by atoms with E-state index in [9.17, 15) is 4.79 Å². The number of nitrogens with one attached hydrogen (secondary N) is 3. The molecule has 3 rings (SSSR count). The fourth-order valence-corrected chi connectivity index (χ4v) is 2.85. The fraction of sp³-hybridized carbons (Fsp3) is 0.0833. The Morgan fingerprint density at radius 3 is 3.00 bits per heavy atom. The molecule has 0 saturated heterocycles. The quantitative estimate of drug-likeness (QED) is 0.677. The number of aromatic amines is 1. The standard InChI is InChI=1S/C12H10BrN5OS/c13-7-5-15-18-9(7)6-14-11(19)17-12-16-8-3-1-2-4-10(8)20-12/h1-5H,6H2,(H,15,18)(H2,14,16,17,19). The lowest BCUT2D eigenvalue weighted by Gasteiger charge is -2.03. The summed E-state index contributed by atoms with van der Waals surface area (Å²) in [6.07, 6.45) is 1.64. The molecule has 0 aliphatic carbocycles. The number of carbonyl (C=O) groups is 1. The van der Waals surface area contributed by atoms with E-state index >= 15 is 0 Å². The average molecular weight is 352 g/mol. The van der Waals surface area contributed by atoms with E-state index in [1.54, 1.807) is 6.20 Å². The smallest absolute Gasteiger partial charge is 0.321 e. The number of hydrogen-bond acceptors (Lipinski definition) is 4. The number of anilines is 1. The molecule has 0 saturated carbocycles. The minimum Gasteiger partial charge on any atom is -0.332 e. The molecule has 0 radical (unpaired) electrons. The molecule has 3 N–H and O–H groups in total. The molecule has 102 valence electrons. The molecule has 2 amide bonds. The zero-order valence-corrected chi connectivity index (χ0v) is 12.6. The fourth-order valence-electron chi connectivity index (χ4n) is 1.66. The van der Waals surface area contributed by atoms with Crippen LogP contribution >= 0.6 is 27.3 Å². The number of carbonyl (C=O) groups excluding carboxylic acids is 1. The normalized spacial score (nSPS) is 10.7. The number of aromatic nitrogens is 3. The first-order valence-electron chi connectivity index (χ1n) is 5.80. The number of para-hydroxylation sites is 1. The van der Waals surface area contributed by atoms with Gasteiger partial charge in [-0.3, -0.25) is 10.4 Å². The molecule has 0 atom stereocenters. The maximum atomic E-state index is 11.8. The number of hydrogen-bond donors (Lipinski definition) is 3. The third-order valence-corrected chi connectivity index (χ3v) is 4.24. The van der Waals surface area contributed by atoms with E-state index in [0.29, 0.717) is 11.7 Å². The van der Waals surface area contributed by atoms with Crippen LogP contribution in [0.1, 0.15) is 5.69 Å². The van der Waals surface area contributed by atoms with Crippen LogP contribution in [0.15, 0.2) is 34.9 Å². The van der Waals surface area contributed by atoms with Crippen molar-refractivity contribution in [1.29, 1.82) is 0 Å². The summed E-state index contributed by atoms with van der Waals surface area (Å²) in [5.41, 5.74) is 1.69. The van der Waals surface area contributed by atoms with Gasteiger partial charge in [0.05, 0.1) is 33.1 Å². The highest BCUT2D eigenvalue weighted by molar-refractivity contribution is 9.10. The van der Waals surface area contributed by atoms with Crippen LogP contribution in [0.4, 0.5) is 9.93 Å². The van der Waals surface area contributed by atoms with Gasteiger partial charge in [-0.2, -0.15) is 5.10 Å². The molecule has 0 bridgehead atoms. The van der Waals surface area contributed by atoms with Crippen LogP contribution in [0.25, 0.3) is 10.2 Å². The summed E-state index contributed by atoms with van der Waals surface area (Å²) >= 11 is 4.77. The molecule has 0 unspecified atom stereocenters. The number of nitrogens with zero attached hydrogens (tertiary/aromatic N) is 2. The van der Waals surface area contributed by atoms with Gasteiger partial charge in [0, 0.05) is 0 Å². The van der Waals surface area contributed by atoms with E-state index in [-0.39, 0.29) is 6.03 Å². The Hall–Kier alpha value is -1.93. The molecule has 2 aromatic heterocycles. The predicted octanol–water partition coefficient (Wildman–Crippen LogP) is 3.10. The minimum atomic E-state index is -0.300. The first-order chi connectivity index (χ1) is 9.72. The number of amides is 2. The maximum Gasteiger partial charge on any atom is 0.321 e. The molecule has 3 aromatic rings. The van der Waals surface area contributed by atoms with Gasteiger partial charge in [-0.1, -0.05) is 23.5 Å². The SMILES string of the molecule is O=C(NCc1[nH]ncc1Br)Nc1nc2ccccc2s1. The third-order valence-electron chi connectivity index (χ3n) is 2.61. The molecular formula is C12H10BrN5OS. The molecule has 2 heterocycles. The molecule has 6 nitrogen and oxygen atoms in total. The van der Waals surface area contributed by atoms with Crippen molar-refractivity contribution in [3.63, 3.8) is 0 Å². The van der Waals surface area contributed by atoms with Crippen molar-refractivity contribution >= 4 is 48.6 Å². The van der Waals surface area contributed by atoms with E-state index < -0.39 is 0 Å². The Kier molecular flexibility index (Phi) is 3.66. The van der Waals surface area contributed by atoms with Crippen LogP contribution in [0.5, 0.6) is 0 Å². The Labute approximate surface area is 126 Å². The van der Waals surface area contributed by atoms with Crippen LogP contribution in [-0.2, 0) is 6.54 Å². The predicted molar refractivity (Wildman–Crippen MR) is 81.8 cm³/mol. The van der Waals surface area contributed by atoms with Crippen LogP contribution in [0.2, 0.25) is 0 Å². The van der Waals surface area contributed by atoms with Crippen molar-refractivity contribution in [2.45, 2.75) is 6.54 Å². The Morgan fingerprint density at radius 1 is 1.40 bits per heavy atom. The molecule has 0 aliphatic rings.